The Morgan fingerprint density at radius 1 is 1.30 bits per heavy atom. The van der Waals surface area contributed by atoms with Crippen molar-refractivity contribution in [2.75, 3.05) is 26.1 Å². The van der Waals surface area contributed by atoms with E-state index in [1.54, 1.807) is 43.1 Å². The summed E-state index contributed by atoms with van der Waals surface area (Å²) in [6.07, 6.45) is 0.688. The predicted octanol–water partition coefficient (Wildman–Crippen LogP) is 2.37. The molecule has 0 aliphatic rings. The zero-order valence-corrected chi connectivity index (χ0v) is 16.8. The van der Waals surface area contributed by atoms with E-state index in [1.165, 1.54) is 11.8 Å². The molecule has 0 saturated heterocycles. The van der Waals surface area contributed by atoms with Crippen molar-refractivity contribution in [3.63, 3.8) is 0 Å². The number of carbonyl (C=O) groups excluding carboxylic acids is 1. The van der Waals surface area contributed by atoms with Gasteiger partial charge in [0.1, 0.15) is 5.75 Å². The Labute approximate surface area is 162 Å². The van der Waals surface area contributed by atoms with E-state index in [0.29, 0.717) is 30.4 Å². The lowest BCUT2D eigenvalue weighted by Crippen LogP contribution is -2.30. The molecule has 2 aromatic rings. The molecule has 148 valence electrons. The van der Waals surface area contributed by atoms with Crippen molar-refractivity contribution in [2.45, 2.75) is 37.2 Å². The molecule has 27 heavy (non-hydrogen) atoms. The van der Waals surface area contributed by atoms with Crippen LogP contribution in [0.15, 0.2) is 34.2 Å². The average molecular weight is 394 g/mol. The zero-order chi connectivity index (χ0) is 19.8. The lowest BCUT2D eigenvalue weighted by molar-refractivity contribution is -0.116. The molecule has 9 heteroatoms. The first kappa shape index (κ1) is 21.0. The lowest BCUT2D eigenvalue weighted by atomic mass is 10.1. The fraction of sp³-hybridized carbons (Fsp3) is 0.500. The van der Waals surface area contributed by atoms with Gasteiger partial charge in [-0.2, -0.15) is 0 Å². The van der Waals surface area contributed by atoms with Gasteiger partial charge in [-0.1, -0.05) is 25.6 Å². The third-order valence-corrected chi connectivity index (χ3v) is 5.44. The SMILES string of the molecule is COCCCn1c(SC(C(=O)Nc2ccc(OC)cc2)C(C)C)n[nH]c1=O. The van der Waals surface area contributed by atoms with Crippen molar-refractivity contribution in [1.82, 2.24) is 14.8 Å². The van der Waals surface area contributed by atoms with Gasteiger partial charge in [0.2, 0.25) is 5.91 Å². The van der Waals surface area contributed by atoms with Gasteiger partial charge in [-0.3, -0.25) is 9.36 Å². The van der Waals surface area contributed by atoms with Gasteiger partial charge >= 0.3 is 5.69 Å². The smallest absolute Gasteiger partial charge is 0.343 e. The first-order chi connectivity index (χ1) is 13.0. The second-order valence-electron chi connectivity index (χ2n) is 6.31. The van der Waals surface area contributed by atoms with Gasteiger partial charge in [0.25, 0.3) is 0 Å². The average Bonchev–Trinajstić information content (AvgIpc) is 3.00. The number of nitrogens with one attached hydrogen (secondary N) is 2. The van der Waals surface area contributed by atoms with Gasteiger partial charge in [0.05, 0.1) is 12.4 Å². The van der Waals surface area contributed by atoms with Crippen LogP contribution in [0.3, 0.4) is 0 Å². The third kappa shape index (κ3) is 5.86. The summed E-state index contributed by atoms with van der Waals surface area (Å²) in [5.74, 6) is 0.630. The molecule has 2 rings (SSSR count). The van der Waals surface area contributed by atoms with Crippen LogP contribution in [0.2, 0.25) is 0 Å². The topological polar surface area (TPSA) is 98.2 Å². The van der Waals surface area contributed by atoms with Crippen LogP contribution < -0.4 is 15.7 Å². The van der Waals surface area contributed by atoms with E-state index in [1.807, 2.05) is 13.8 Å². The molecule has 0 fully saturated rings. The second kappa shape index (κ2) is 10.2. The highest BCUT2D eigenvalue weighted by Crippen LogP contribution is 2.27. The summed E-state index contributed by atoms with van der Waals surface area (Å²) >= 11 is 1.28. The molecule has 0 aliphatic heterocycles. The number of thioether (sulfide) groups is 1. The number of carbonyl (C=O) groups is 1. The molecule has 0 aliphatic carbocycles. The molecule has 0 radical (unpaired) electrons. The van der Waals surface area contributed by atoms with Gasteiger partial charge in [0.15, 0.2) is 5.16 Å². The summed E-state index contributed by atoms with van der Waals surface area (Å²) < 4.78 is 11.7. The van der Waals surface area contributed by atoms with Gasteiger partial charge in [-0.05, 0) is 36.6 Å². The number of amides is 1. The number of aromatic amines is 1. The number of nitrogens with zero attached hydrogens (tertiary/aromatic N) is 2. The Kier molecular flexibility index (Phi) is 7.93. The van der Waals surface area contributed by atoms with Crippen LogP contribution in [0.5, 0.6) is 5.75 Å². The highest BCUT2D eigenvalue weighted by molar-refractivity contribution is 8.00. The summed E-state index contributed by atoms with van der Waals surface area (Å²) in [6.45, 7) is 4.96. The molecule has 0 saturated carbocycles. The van der Waals surface area contributed by atoms with Gasteiger partial charge in [-0.25, -0.2) is 9.89 Å². The van der Waals surface area contributed by atoms with E-state index in [4.69, 9.17) is 9.47 Å². The van der Waals surface area contributed by atoms with Crippen LogP contribution in [0, 0.1) is 5.92 Å². The number of methoxy groups -OCH3 is 2. The molecule has 1 atom stereocenters. The van der Waals surface area contributed by atoms with E-state index >= 15 is 0 Å². The van der Waals surface area contributed by atoms with Crippen molar-refractivity contribution in [2.24, 2.45) is 5.92 Å². The van der Waals surface area contributed by atoms with E-state index in [-0.39, 0.29) is 17.5 Å². The number of H-pyrrole nitrogens is 1. The fourth-order valence-corrected chi connectivity index (χ4v) is 3.52. The number of aromatic nitrogens is 3. The molecule has 1 heterocycles. The standard InChI is InChI=1S/C18H26N4O4S/c1-12(2)15(16(23)19-13-6-8-14(26-4)9-7-13)27-18-21-20-17(24)22(18)10-5-11-25-3/h6-9,12,15H,5,10-11H2,1-4H3,(H,19,23)(H,20,24). The molecular weight excluding hydrogens is 368 g/mol. The Bertz CT molecular complexity index is 785. The largest absolute Gasteiger partial charge is 0.497 e. The maximum atomic E-state index is 12.8. The molecule has 1 amide bonds. The first-order valence-electron chi connectivity index (χ1n) is 8.72. The van der Waals surface area contributed by atoms with Crippen molar-refractivity contribution >= 4 is 23.4 Å². The lowest BCUT2D eigenvalue weighted by Gasteiger charge is -2.19. The molecule has 2 N–H and O–H groups in total. The number of ether oxygens (including phenoxy) is 2. The first-order valence-corrected chi connectivity index (χ1v) is 9.60. The highest BCUT2D eigenvalue weighted by Gasteiger charge is 2.26. The molecule has 8 nitrogen and oxygen atoms in total. The number of rotatable bonds is 10. The number of hydrogen-bond donors (Lipinski definition) is 2. The molecule has 0 spiro atoms. The van der Waals surface area contributed by atoms with Gasteiger partial charge in [0, 0.05) is 25.9 Å². The van der Waals surface area contributed by atoms with Crippen LogP contribution in [-0.2, 0) is 16.1 Å². The maximum absolute atomic E-state index is 12.8. The third-order valence-electron chi connectivity index (χ3n) is 3.91. The van der Waals surface area contributed by atoms with Crippen LogP contribution in [-0.4, -0.2) is 46.7 Å². The van der Waals surface area contributed by atoms with Crippen molar-refractivity contribution in [1.29, 1.82) is 0 Å². The minimum Gasteiger partial charge on any atom is -0.497 e. The molecule has 1 unspecified atom stereocenters. The molecular formula is C18H26N4O4S. The van der Waals surface area contributed by atoms with E-state index in [0.717, 1.165) is 5.75 Å². The van der Waals surface area contributed by atoms with E-state index < -0.39 is 5.25 Å². The van der Waals surface area contributed by atoms with Gasteiger partial charge < -0.3 is 14.8 Å². The molecule has 0 bridgehead atoms. The predicted molar refractivity (Wildman–Crippen MR) is 105 cm³/mol. The Hall–Kier alpha value is -2.26. The minimum absolute atomic E-state index is 0.0486. The summed E-state index contributed by atoms with van der Waals surface area (Å²) in [4.78, 5) is 24.8. The maximum Gasteiger partial charge on any atom is 0.343 e. The van der Waals surface area contributed by atoms with E-state index in [9.17, 15) is 9.59 Å². The monoisotopic (exact) mass is 394 g/mol. The van der Waals surface area contributed by atoms with E-state index in [2.05, 4.69) is 15.5 Å². The second-order valence-corrected chi connectivity index (χ2v) is 7.42. The van der Waals surface area contributed by atoms with Crippen molar-refractivity contribution in [3.05, 3.63) is 34.7 Å². The Morgan fingerprint density at radius 2 is 2.00 bits per heavy atom. The Morgan fingerprint density at radius 3 is 2.59 bits per heavy atom. The quantitative estimate of drug-likeness (QED) is 0.474. The number of benzene rings is 1. The summed E-state index contributed by atoms with van der Waals surface area (Å²) in [5.41, 5.74) is 0.401. The Balaban J connectivity index is 2.10. The van der Waals surface area contributed by atoms with Crippen LogP contribution in [0.1, 0.15) is 20.3 Å². The summed E-state index contributed by atoms with van der Waals surface area (Å²) in [6, 6.07) is 7.14. The summed E-state index contributed by atoms with van der Waals surface area (Å²) in [5, 5.41) is 9.55. The normalized spacial score (nSPS) is 12.2. The van der Waals surface area contributed by atoms with Crippen LogP contribution in [0.25, 0.3) is 0 Å². The zero-order valence-electron chi connectivity index (χ0n) is 16.0. The van der Waals surface area contributed by atoms with Crippen molar-refractivity contribution < 1.29 is 14.3 Å². The van der Waals surface area contributed by atoms with Crippen molar-refractivity contribution in [3.8, 4) is 5.75 Å². The highest BCUT2D eigenvalue weighted by atomic mass is 32.2. The van der Waals surface area contributed by atoms with Crippen LogP contribution >= 0.6 is 11.8 Å². The number of anilines is 1. The fourth-order valence-electron chi connectivity index (χ4n) is 2.45. The minimum atomic E-state index is -0.400. The summed E-state index contributed by atoms with van der Waals surface area (Å²) in [7, 11) is 3.21. The van der Waals surface area contributed by atoms with Crippen LogP contribution in [0.4, 0.5) is 5.69 Å². The van der Waals surface area contributed by atoms with Gasteiger partial charge in [-0.15, -0.1) is 5.10 Å². The molecule has 1 aromatic carbocycles. The number of hydrogen-bond acceptors (Lipinski definition) is 6. The molecule has 1 aromatic heterocycles.